The van der Waals surface area contributed by atoms with E-state index in [9.17, 15) is 4.79 Å². The summed E-state index contributed by atoms with van der Waals surface area (Å²) in [5.41, 5.74) is 0.502. The Morgan fingerprint density at radius 3 is 3.00 bits per heavy atom. The SMILES string of the molecule is COc1cc(C(=O)CC2CC2)ncc1Br. The normalized spacial score (nSPS) is 15.1. The minimum absolute atomic E-state index is 0.114. The van der Waals surface area contributed by atoms with Crippen LogP contribution in [0.4, 0.5) is 0 Å². The van der Waals surface area contributed by atoms with E-state index >= 15 is 0 Å². The van der Waals surface area contributed by atoms with Gasteiger partial charge in [-0.3, -0.25) is 9.78 Å². The van der Waals surface area contributed by atoms with Crippen LogP contribution in [0.3, 0.4) is 0 Å². The number of carbonyl (C=O) groups is 1. The van der Waals surface area contributed by atoms with Crippen molar-refractivity contribution in [3.63, 3.8) is 0 Å². The summed E-state index contributed by atoms with van der Waals surface area (Å²) in [7, 11) is 1.58. The maximum atomic E-state index is 11.7. The van der Waals surface area contributed by atoms with E-state index < -0.39 is 0 Å². The molecule has 80 valence electrons. The van der Waals surface area contributed by atoms with Crippen LogP contribution in [0.1, 0.15) is 29.8 Å². The van der Waals surface area contributed by atoms with Gasteiger partial charge >= 0.3 is 0 Å². The Balaban J connectivity index is 2.16. The van der Waals surface area contributed by atoms with Gasteiger partial charge in [0.15, 0.2) is 5.78 Å². The van der Waals surface area contributed by atoms with E-state index in [2.05, 4.69) is 20.9 Å². The number of hydrogen-bond acceptors (Lipinski definition) is 3. The van der Waals surface area contributed by atoms with E-state index in [4.69, 9.17) is 4.74 Å². The second-order valence-corrected chi connectivity index (χ2v) is 4.63. The highest BCUT2D eigenvalue weighted by molar-refractivity contribution is 9.10. The number of Topliss-reactive ketones (excluding diaryl/α,β-unsaturated/α-hetero) is 1. The molecule has 1 fully saturated rings. The molecular weight excluding hydrogens is 258 g/mol. The summed E-state index contributed by atoms with van der Waals surface area (Å²) in [5, 5.41) is 0. The van der Waals surface area contributed by atoms with E-state index in [0.29, 0.717) is 23.8 Å². The summed E-state index contributed by atoms with van der Waals surface area (Å²) >= 11 is 3.30. The fourth-order valence-electron chi connectivity index (χ4n) is 1.42. The quantitative estimate of drug-likeness (QED) is 0.790. The van der Waals surface area contributed by atoms with Crippen molar-refractivity contribution in [2.45, 2.75) is 19.3 Å². The number of ether oxygens (including phenoxy) is 1. The molecule has 1 aromatic heterocycles. The molecule has 0 aliphatic heterocycles. The molecule has 0 bridgehead atoms. The summed E-state index contributed by atoms with van der Waals surface area (Å²) < 4.78 is 5.89. The van der Waals surface area contributed by atoms with Crippen LogP contribution >= 0.6 is 15.9 Å². The number of nitrogens with zero attached hydrogens (tertiary/aromatic N) is 1. The summed E-state index contributed by atoms with van der Waals surface area (Å²) in [4.78, 5) is 15.8. The largest absolute Gasteiger partial charge is 0.495 e. The van der Waals surface area contributed by atoms with Gasteiger partial charge in [0.1, 0.15) is 11.4 Å². The lowest BCUT2D eigenvalue weighted by molar-refractivity contribution is 0.0971. The maximum Gasteiger partial charge on any atom is 0.181 e. The highest BCUT2D eigenvalue weighted by atomic mass is 79.9. The van der Waals surface area contributed by atoms with Crippen LogP contribution in [-0.2, 0) is 0 Å². The van der Waals surface area contributed by atoms with E-state index in [1.54, 1.807) is 19.4 Å². The molecule has 1 aliphatic carbocycles. The van der Waals surface area contributed by atoms with E-state index in [1.165, 1.54) is 12.8 Å². The Morgan fingerprint density at radius 2 is 2.40 bits per heavy atom. The number of pyridine rings is 1. The highest BCUT2D eigenvalue weighted by Gasteiger charge is 2.25. The number of ketones is 1. The summed E-state index contributed by atoms with van der Waals surface area (Å²) in [5.74, 6) is 1.36. The van der Waals surface area contributed by atoms with E-state index in [-0.39, 0.29) is 5.78 Å². The zero-order chi connectivity index (χ0) is 10.8. The average molecular weight is 270 g/mol. The van der Waals surface area contributed by atoms with Gasteiger partial charge in [0.25, 0.3) is 0 Å². The van der Waals surface area contributed by atoms with Gasteiger partial charge in [0.2, 0.25) is 0 Å². The third-order valence-corrected chi connectivity index (χ3v) is 3.09. The molecule has 1 aromatic rings. The average Bonchev–Trinajstić information content (AvgIpc) is 3.02. The van der Waals surface area contributed by atoms with Gasteiger partial charge in [-0.25, -0.2) is 0 Å². The molecule has 0 unspecified atom stereocenters. The lowest BCUT2D eigenvalue weighted by atomic mass is 10.1. The third-order valence-electron chi connectivity index (χ3n) is 2.50. The van der Waals surface area contributed by atoms with Crippen LogP contribution in [0.25, 0.3) is 0 Å². The van der Waals surface area contributed by atoms with Crippen molar-refractivity contribution in [2.24, 2.45) is 5.92 Å². The fraction of sp³-hybridized carbons (Fsp3) is 0.455. The molecule has 0 N–H and O–H groups in total. The Morgan fingerprint density at radius 1 is 1.67 bits per heavy atom. The van der Waals surface area contributed by atoms with Gasteiger partial charge in [-0.2, -0.15) is 0 Å². The minimum atomic E-state index is 0.114. The lowest BCUT2D eigenvalue weighted by Gasteiger charge is -2.04. The molecule has 0 spiro atoms. The van der Waals surface area contributed by atoms with Crippen LogP contribution in [0.2, 0.25) is 0 Å². The van der Waals surface area contributed by atoms with Crippen molar-refractivity contribution >= 4 is 21.7 Å². The third kappa shape index (κ3) is 2.56. The van der Waals surface area contributed by atoms with Gasteiger partial charge in [-0.15, -0.1) is 0 Å². The zero-order valence-electron chi connectivity index (χ0n) is 8.50. The van der Waals surface area contributed by atoms with Gasteiger partial charge in [0.05, 0.1) is 11.6 Å². The summed E-state index contributed by atoms with van der Waals surface area (Å²) in [6, 6.07) is 1.69. The number of carbonyl (C=O) groups excluding carboxylic acids is 1. The second-order valence-electron chi connectivity index (χ2n) is 3.77. The molecule has 0 saturated heterocycles. The molecule has 0 aromatic carbocycles. The van der Waals surface area contributed by atoms with Crippen molar-refractivity contribution in [1.29, 1.82) is 0 Å². The molecule has 1 saturated carbocycles. The van der Waals surface area contributed by atoms with Crippen LogP contribution < -0.4 is 4.74 Å². The number of aromatic nitrogens is 1. The Kier molecular flexibility index (Phi) is 3.05. The van der Waals surface area contributed by atoms with Gasteiger partial charge < -0.3 is 4.74 Å². The molecule has 0 radical (unpaired) electrons. The van der Waals surface area contributed by atoms with Crippen LogP contribution in [-0.4, -0.2) is 17.9 Å². The topological polar surface area (TPSA) is 39.2 Å². The van der Waals surface area contributed by atoms with Crippen molar-refractivity contribution in [3.05, 3.63) is 22.4 Å². The van der Waals surface area contributed by atoms with Crippen molar-refractivity contribution in [1.82, 2.24) is 4.98 Å². The monoisotopic (exact) mass is 269 g/mol. The smallest absolute Gasteiger partial charge is 0.181 e. The number of hydrogen-bond donors (Lipinski definition) is 0. The molecule has 0 amide bonds. The lowest BCUT2D eigenvalue weighted by Crippen LogP contribution is -2.03. The van der Waals surface area contributed by atoms with Crippen molar-refractivity contribution in [3.8, 4) is 5.75 Å². The number of methoxy groups -OCH3 is 1. The molecule has 1 aliphatic rings. The van der Waals surface area contributed by atoms with Gasteiger partial charge in [0, 0.05) is 18.7 Å². The zero-order valence-corrected chi connectivity index (χ0v) is 10.1. The summed E-state index contributed by atoms with van der Waals surface area (Å²) in [6.45, 7) is 0. The van der Waals surface area contributed by atoms with Crippen LogP contribution in [0.5, 0.6) is 5.75 Å². The summed E-state index contributed by atoms with van der Waals surface area (Å²) in [6.07, 6.45) is 4.59. The number of rotatable bonds is 4. The van der Waals surface area contributed by atoms with Gasteiger partial charge in [-0.05, 0) is 34.7 Å². The molecule has 3 nitrogen and oxygen atoms in total. The van der Waals surface area contributed by atoms with Crippen molar-refractivity contribution < 1.29 is 9.53 Å². The first-order valence-electron chi connectivity index (χ1n) is 4.93. The first kappa shape index (κ1) is 10.6. The van der Waals surface area contributed by atoms with Gasteiger partial charge in [-0.1, -0.05) is 0 Å². The van der Waals surface area contributed by atoms with Crippen LogP contribution in [0.15, 0.2) is 16.7 Å². The molecule has 0 atom stereocenters. The van der Waals surface area contributed by atoms with E-state index in [0.717, 1.165) is 4.47 Å². The first-order valence-corrected chi connectivity index (χ1v) is 5.72. The highest BCUT2D eigenvalue weighted by Crippen LogP contribution is 2.34. The number of halogens is 1. The van der Waals surface area contributed by atoms with Crippen molar-refractivity contribution in [2.75, 3.05) is 7.11 Å². The minimum Gasteiger partial charge on any atom is -0.495 e. The molecule has 4 heteroatoms. The fourth-order valence-corrected chi connectivity index (χ4v) is 1.80. The predicted molar refractivity (Wildman–Crippen MR) is 60.2 cm³/mol. The van der Waals surface area contributed by atoms with Crippen LogP contribution in [0, 0.1) is 5.92 Å². The Labute approximate surface area is 97.0 Å². The maximum absolute atomic E-state index is 11.7. The first-order chi connectivity index (χ1) is 7.20. The van der Waals surface area contributed by atoms with E-state index in [1.807, 2.05) is 0 Å². The molecule has 2 rings (SSSR count). The molecule has 15 heavy (non-hydrogen) atoms. The Hall–Kier alpha value is -0.900. The standard InChI is InChI=1S/C11H12BrNO2/c1-15-11-5-9(13-6-8(11)12)10(14)4-7-2-3-7/h5-7H,2-4H2,1H3. The molecular formula is C11H12BrNO2. The predicted octanol–water partition coefficient (Wildman–Crippen LogP) is 2.84. The second kappa shape index (κ2) is 4.31. The Bertz CT molecular complexity index is 388. The molecule has 1 heterocycles.